The Kier molecular flexibility index (Phi) is 1.90. The predicted molar refractivity (Wildman–Crippen MR) is 35.3 cm³/mol. The summed E-state index contributed by atoms with van der Waals surface area (Å²) >= 11 is 0. The van der Waals surface area contributed by atoms with Crippen molar-refractivity contribution in [2.24, 2.45) is 5.92 Å². The van der Waals surface area contributed by atoms with E-state index in [0.29, 0.717) is 0 Å². The average Bonchev–Trinajstić information content (AvgIpc) is 2.41. The summed E-state index contributed by atoms with van der Waals surface area (Å²) in [6, 6.07) is 0. The summed E-state index contributed by atoms with van der Waals surface area (Å²) in [4.78, 5) is 2.01. The summed E-state index contributed by atoms with van der Waals surface area (Å²) in [6.07, 6.45) is 4.29. The second-order valence-electron chi connectivity index (χ2n) is 2.81. The largest absolute Gasteiger partial charge is 0.462 e. The van der Waals surface area contributed by atoms with E-state index in [2.05, 4.69) is 7.05 Å². The highest BCUT2D eigenvalue weighted by atomic mass is 15.0. The maximum atomic E-state index is 3.77. The molecular formula is C7H14N-. The quantitative estimate of drug-likeness (QED) is 0.500. The van der Waals surface area contributed by atoms with Crippen molar-refractivity contribution in [2.75, 3.05) is 13.6 Å². The van der Waals surface area contributed by atoms with Crippen molar-refractivity contribution in [3.05, 3.63) is 7.05 Å². The molecule has 0 heterocycles. The maximum absolute atomic E-state index is 3.77. The van der Waals surface area contributed by atoms with E-state index in [0.717, 1.165) is 5.92 Å². The van der Waals surface area contributed by atoms with E-state index in [-0.39, 0.29) is 0 Å². The molecule has 0 N–H and O–H groups in total. The van der Waals surface area contributed by atoms with Crippen LogP contribution in [-0.4, -0.2) is 18.5 Å². The minimum atomic E-state index is 1.05. The number of nitrogens with zero attached hydrogens (tertiary/aromatic N) is 1. The molecule has 0 saturated heterocycles. The topological polar surface area (TPSA) is 3.24 Å². The van der Waals surface area contributed by atoms with Crippen LogP contribution in [0.25, 0.3) is 0 Å². The van der Waals surface area contributed by atoms with Gasteiger partial charge in [-0.3, -0.25) is 7.05 Å². The minimum Gasteiger partial charge on any atom is -0.462 e. The summed E-state index contributed by atoms with van der Waals surface area (Å²) in [5.74, 6) is 1.05. The Morgan fingerprint density at radius 2 is 2.25 bits per heavy atom. The molecule has 0 unspecified atom stereocenters. The van der Waals surface area contributed by atoms with Crippen LogP contribution in [0.2, 0.25) is 0 Å². The Morgan fingerprint density at radius 1 is 1.62 bits per heavy atom. The second kappa shape index (κ2) is 2.49. The Balaban J connectivity index is 1.87. The van der Waals surface area contributed by atoms with Crippen LogP contribution in [0.15, 0.2) is 0 Å². The van der Waals surface area contributed by atoms with Crippen molar-refractivity contribution in [3.8, 4) is 0 Å². The third-order valence-corrected chi connectivity index (χ3v) is 1.62. The van der Waals surface area contributed by atoms with Gasteiger partial charge in [0, 0.05) is 0 Å². The number of hydrogen-bond donors (Lipinski definition) is 0. The predicted octanol–water partition coefficient (Wildman–Crippen LogP) is 1.51. The van der Waals surface area contributed by atoms with Crippen molar-refractivity contribution in [1.82, 2.24) is 4.90 Å². The van der Waals surface area contributed by atoms with Gasteiger partial charge >= 0.3 is 0 Å². The fraction of sp³-hybridized carbons (Fsp3) is 0.857. The molecule has 0 aromatic carbocycles. The van der Waals surface area contributed by atoms with E-state index >= 15 is 0 Å². The van der Waals surface area contributed by atoms with E-state index in [1.54, 1.807) is 0 Å². The zero-order chi connectivity index (χ0) is 5.98. The normalized spacial score (nSPS) is 19.9. The average molecular weight is 112 g/mol. The molecule has 1 fully saturated rings. The van der Waals surface area contributed by atoms with Crippen LogP contribution >= 0.6 is 0 Å². The summed E-state index contributed by atoms with van der Waals surface area (Å²) in [7, 11) is 5.80. The summed E-state index contributed by atoms with van der Waals surface area (Å²) in [6.45, 7) is 1.17. The second-order valence-corrected chi connectivity index (χ2v) is 2.81. The molecule has 0 amide bonds. The first-order valence-electron chi connectivity index (χ1n) is 3.30. The Labute approximate surface area is 51.7 Å². The van der Waals surface area contributed by atoms with Crippen LogP contribution in [0.4, 0.5) is 0 Å². The smallest absolute Gasteiger partial charge is 0.0303 e. The first kappa shape index (κ1) is 6.09. The van der Waals surface area contributed by atoms with Crippen LogP contribution in [0.3, 0.4) is 0 Å². The fourth-order valence-corrected chi connectivity index (χ4v) is 0.809. The van der Waals surface area contributed by atoms with Gasteiger partial charge in [0.1, 0.15) is 0 Å². The molecule has 0 spiro atoms. The molecule has 0 atom stereocenters. The van der Waals surface area contributed by atoms with E-state index in [1.165, 1.54) is 25.8 Å². The van der Waals surface area contributed by atoms with Crippen LogP contribution < -0.4 is 0 Å². The molecule has 0 bridgehead atoms. The molecule has 0 aromatic rings. The van der Waals surface area contributed by atoms with Gasteiger partial charge < -0.3 is 4.90 Å². The van der Waals surface area contributed by atoms with Crippen molar-refractivity contribution < 1.29 is 0 Å². The van der Waals surface area contributed by atoms with Gasteiger partial charge in [-0.25, -0.2) is 0 Å². The SMILES string of the molecule is [CH2-]N(C)CCC1CC1. The van der Waals surface area contributed by atoms with Gasteiger partial charge in [-0.2, -0.15) is 0 Å². The third kappa shape index (κ3) is 2.31. The lowest BCUT2D eigenvalue weighted by atomic mass is 10.3. The molecule has 1 heteroatoms. The Morgan fingerprint density at radius 3 is 2.62 bits per heavy atom. The van der Waals surface area contributed by atoms with Crippen molar-refractivity contribution in [3.63, 3.8) is 0 Å². The molecular weight excluding hydrogens is 98.1 g/mol. The maximum Gasteiger partial charge on any atom is -0.0303 e. The van der Waals surface area contributed by atoms with Gasteiger partial charge in [-0.1, -0.05) is 12.8 Å². The van der Waals surface area contributed by atoms with Gasteiger partial charge in [-0.15, -0.1) is 0 Å². The lowest BCUT2D eigenvalue weighted by Crippen LogP contribution is -2.10. The zero-order valence-electron chi connectivity index (χ0n) is 5.56. The highest BCUT2D eigenvalue weighted by molar-refractivity contribution is 4.73. The van der Waals surface area contributed by atoms with E-state index in [1.807, 2.05) is 11.9 Å². The number of hydrogen-bond acceptors (Lipinski definition) is 1. The van der Waals surface area contributed by atoms with E-state index in [4.69, 9.17) is 0 Å². The van der Waals surface area contributed by atoms with Gasteiger partial charge in [0.25, 0.3) is 0 Å². The molecule has 0 aromatic heterocycles. The molecule has 1 nitrogen and oxygen atoms in total. The summed E-state index contributed by atoms with van der Waals surface area (Å²) in [5.41, 5.74) is 0. The van der Waals surface area contributed by atoms with Gasteiger partial charge in [-0.05, 0) is 25.9 Å². The molecule has 1 aliphatic rings. The lowest BCUT2D eigenvalue weighted by Gasteiger charge is -2.16. The van der Waals surface area contributed by atoms with Crippen LogP contribution in [0.1, 0.15) is 19.3 Å². The Hall–Kier alpha value is -0.0400. The number of rotatable bonds is 3. The van der Waals surface area contributed by atoms with Crippen LogP contribution in [0.5, 0.6) is 0 Å². The highest BCUT2D eigenvalue weighted by Gasteiger charge is 2.19. The summed E-state index contributed by atoms with van der Waals surface area (Å²) < 4.78 is 0. The van der Waals surface area contributed by atoms with Crippen LogP contribution in [-0.2, 0) is 0 Å². The third-order valence-electron chi connectivity index (χ3n) is 1.62. The van der Waals surface area contributed by atoms with Crippen LogP contribution in [0, 0.1) is 13.0 Å². The van der Waals surface area contributed by atoms with Gasteiger partial charge in [0.15, 0.2) is 0 Å². The monoisotopic (exact) mass is 112 g/mol. The molecule has 1 saturated carbocycles. The van der Waals surface area contributed by atoms with Crippen molar-refractivity contribution in [1.29, 1.82) is 0 Å². The molecule has 8 heavy (non-hydrogen) atoms. The van der Waals surface area contributed by atoms with Gasteiger partial charge in [0.05, 0.1) is 0 Å². The molecule has 1 rings (SSSR count). The first-order valence-corrected chi connectivity index (χ1v) is 3.30. The molecule has 1 aliphatic carbocycles. The molecule has 48 valence electrons. The summed E-state index contributed by atoms with van der Waals surface area (Å²) in [5, 5.41) is 0. The van der Waals surface area contributed by atoms with E-state index in [9.17, 15) is 0 Å². The highest BCUT2D eigenvalue weighted by Crippen LogP contribution is 2.32. The zero-order valence-corrected chi connectivity index (χ0v) is 5.56. The minimum absolute atomic E-state index is 1.05. The van der Waals surface area contributed by atoms with Crippen molar-refractivity contribution in [2.45, 2.75) is 19.3 Å². The van der Waals surface area contributed by atoms with Gasteiger partial charge in [0.2, 0.25) is 0 Å². The first-order chi connectivity index (χ1) is 3.79. The van der Waals surface area contributed by atoms with Crippen molar-refractivity contribution >= 4 is 0 Å². The molecule has 0 aliphatic heterocycles. The lowest BCUT2D eigenvalue weighted by molar-refractivity contribution is 0.425. The Bertz CT molecular complexity index is 62.8. The standard InChI is InChI=1S/C7H14N/c1-8(2)6-5-7-3-4-7/h7H,1,3-6H2,2H3/q-1. The van der Waals surface area contributed by atoms with E-state index < -0.39 is 0 Å². The fourth-order valence-electron chi connectivity index (χ4n) is 0.809. The molecule has 0 radical (unpaired) electrons.